The lowest BCUT2D eigenvalue weighted by molar-refractivity contribution is -0.163. The summed E-state index contributed by atoms with van der Waals surface area (Å²) >= 11 is 0. The molecule has 2 heteroatoms. The van der Waals surface area contributed by atoms with Crippen molar-refractivity contribution in [1.29, 1.82) is 0 Å². The molecule has 0 aliphatic rings. The zero-order chi connectivity index (χ0) is 10.2. The molecule has 0 atom stereocenters. The number of hydrogen-bond acceptors (Lipinski definition) is 2. The summed E-state index contributed by atoms with van der Waals surface area (Å²) in [6.45, 7) is 11.4. The lowest BCUT2D eigenvalue weighted by Gasteiger charge is -2.48. The summed E-state index contributed by atoms with van der Waals surface area (Å²) < 4.78 is 0. The fraction of sp³-hybridized carbons (Fsp3) is 1.00. The van der Waals surface area contributed by atoms with Gasteiger partial charge in [-0.05, 0) is 10.8 Å². The molecule has 0 heterocycles. The minimum Gasteiger partial charge on any atom is -0.393 e. The highest BCUT2D eigenvalue weighted by Gasteiger charge is 2.48. The van der Waals surface area contributed by atoms with E-state index in [1.165, 1.54) is 0 Å². The third-order valence-electron chi connectivity index (χ3n) is 2.71. The van der Waals surface area contributed by atoms with E-state index in [1.807, 2.05) is 41.5 Å². The summed E-state index contributed by atoms with van der Waals surface area (Å²) in [6.07, 6.45) is 0. The molecule has 0 rings (SSSR count). The Bertz CT molecular complexity index is 134. The van der Waals surface area contributed by atoms with Crippen LogP contribution in [0.3, 0.4) is 0 Å². The van der Waals surface area contributed by atoms with E-state index < -0.39 is 5.60 Å². The van der Waals surface area contributed by atoms with Crippen molar-refractivity contribution in [2.45, 2.75) is 47.1 Å². The van der Waals surface area contributed by atoms with E-state index in [-0.39, 0.29) is 17.4 Å². The fourth-order valence-electron chi connectivity index (χ4n) is 1.60. The molecule has 0 aromatic rings. The SMILES string of the molecule is CC(C)(C)C(O)(CO)C(C)(C)C. The fourth-order valence-corrected chi connectivity index (χ4v) is 1.60. The molecule has 2 N–H and O–H groups in total. The van der Waals surface area contributed by atoms with Crippen LogP contribution >= 0.6 is 0 Å². The van der Waals surface area contributed by atoms with Gasteiger partial charge in [-0.2, -0.15) is 0 Å². The lowest BCUT2D eigenvalue weighted by Crippen LogP contribution is -2.55. The highest BCUT2D eigenvalue weighted by Crippen LogP contribution is 2.43. The monoisotopic (exact) mass is 174 g/mol. The maximum atomic E-state index is 10.2. The molecule has 0 bridgehead atoms. The molecule has 0 aliphatic heterocycles. The molecule has 0 spiro atoms. The molecule has 0 aliphatic carbocycles. The summed E-state index contributed by atoms with van der Waals surface area (Å²) in [5.41, 5.74) is -1.64. The lowest BCUT2D eigenvalue weighted by atomic mass is 9.63. The van der Waals surface area contributed by atoms with Crippen LogP contribution in [0.5, 0.6) is 0 Å². The highest BCUT2D eigenvalue weighted by atomic mass is 16.3. The van der Waals surface area contributed by atoms with Gasteiger partial charge in [-0.1, -0.05) is 41.5 Å². The number of aliphatic hydroxyl groups is 2. The topological polar surface area (TPSA) is 40.5 Å². The third-order valence-corrected chi connectivity index (χ3v) is 2.71. The van der Waals surface area contributed by atoms with E-state index in [2.05, 4.69) is 0 Å². The smallest absolute Gasteiger partial charge is 0.0972 e. The first kappa shape index (κ1) is 11.9. The van der Waals surface area contributed by atoms with E-state index in [0.29, 0.717) is 0 Å². The molecule has 2 nitrogen and oxygen atoms in total. The molecule has 0 aromatic heterocycles. The van der Waals surface area contributed by atoms with E-state index in [0.717, 1.165) is 0 Å². The minimum absolute atomic E-state index is 0.194. The standard InChI is InChI=1S/C10H22O2/c1-8(2,3)10(12,7-11)9(4,5)6/h11-12H,7H2,1-6H3. The van der Waals surface area contributed by atoms with Crippen molar-refractivity contribution in [2.24, 2.45) is 10.8 Å². The third kappa shape index (κ3) is 1.80. The van der Waals surface area contributed by atoms with Crippen LogP contribution in [0, 0.1) is 10.8 Å². The minimum atomic E-state index is -1.03. The molecule has 0 aromatic carbocycles. The Hall–Kier alpha value is -0.0800. The molecule has 74 valence electrons. The van der Waals surface area contributed by atoms with Crippen LogP contribution in [-0.2, 0) is 0 Å². The normalized spacial score (nSPS) is 15.0. The molecule has 0 amide bonds. The average Bonchev–Trinajstić information content (AvgIpc) is 1.81. The Morgan fingerprint density at radius 2 is 1.08 bits per heavy atom. The summed E-state index contributed by atoms with van der Waals surface area (Å²) in [5, 5.41) is 19.4. The van der Waals surface area contributed by atoms with Crippen LogP contribution in [0.4, 0.5) is 0 Å². The first-order chi connectivity index (χ1) is 5.06. The summed E-state index contributed by atoms with van der Waals surface area (Å²) in [6, 6.07) is 0. The number of rotatable bonds is 1. The molecular weight excluding hydrogens is 152 g/mol. The van der Waals surface area contributed by atoms with Gasteiger partial charge in [-0.15, -0.1) is 0 Å². The van der Waals surface area contributed by atoms with Crippen molar-refractivity contribution < 1.29 is 10.2 Å². The Morgan fingerprint density at radius 3 is 1.08 bits per heavy atom. The molecule has 0 saturated heterocycles. The van der Waals surface area contributed by atoms with Crippen molar-refractivity contribution >= 4 is 0 Å². The summed E-state index contributed by atoms with van der Waals surface area (Å²) in [7, 11) is 0. The van der Waals surface area contributed by atoms with Gasteiger partial charge in [0.1, 0.15) is 0 Å². The van der Waals surface area contributed by atoms with Crippen molar-refractivity contribution in [1.82, 2.24) is 0 Å². The molecule has 0 fully saturated rings. The second-order valence-electron chi connectivity index (χ2n) is 5.52. The largest absolute Gasteiger partial charge is 0.393 e. The maximum absolute atomic E-state index is 10.2. The Balaban J connectivity index is 4.95. The van der Waals surface area contributed by atoms with Gasteiger partial charge >= 0.3 is 0 Å². The van der Waals surface area contributed by atoms with Gasteiger partial charge < -0.3 is 10.2 Å². The predicted octanol–water partition coefficient (Wildman–Crippen LogP) is 1.80. The quantitative estimate of drug-likeness (QED) is 0.636. The van der Waals surface area contributed by atoms with Gasteiger partial charge in [-0.3, -0.25) is 0 Å². The van der Waals surface area contributed by atoms with Gasteiger partial charge in [0.25, 0.3) is 0 Å². The van der Waals surface area contributed by atoms with Crippen LogP contribution in [-0.4, -0.2) is 22.4 Å². The van der Waals surface area contributed by atoms with Gasteiger partial charge in [0.2, 0.25) is 0 Å². The zero-order valence-electron chi connectivity index (χ0n) is 9.10. The summed E-state index contributed by atoms with van der Waals surface area (Å²) in [4.78, 5) is 0. The molecule has 0 unspecified atom stereocenters. The molecule has 0 saturated carbocycles. The van der Waals surface area contributed by atoms with Gasteiger partial charge in [-0.25, -0.2) is 0 Å². The molecule has 12 heavy (non-hydrogen) atoms. The van der Waals surface area contributed by atoms with E-state index in [9.17, 15) is 10.2 Å². The zero-order valence-corrected chi connectivity index (χ0v) is 9.10. The van der Waals surface area contributed by atoms with Crippen LogP contribution in [0.2, 0.25) is 0 Å². The predicted molar refractivity (Wildman–Crippen MR) is 50.9 cm³/mol. The Labute approximate surface area is 75.6 Å². The van der Waals surface area contributed by atoms with Gasteiger partial charge in [0.05, 0.1) is 12.2 Å². The van der Waals surface area contributed by atoms with E-state index in [1.54, 1.807) is 0 Å². The van der Waals surface area contributed by atoms with Crippen LogP contribution in [0.1, 0.15) is 41.5 Å². The maximum Gasteiger partial charge on any atom is 0.0972 e. The number of hydrogen-bond donors (Lipinski definition) is 2. The average molecular weight is 174 g/mol. The van der Waals surface area contributed by atoms with Crippen LogP contribution < -0.4 is 0 Å². The van der Waals surface area contributed by atoms with Crippen molar-refractivity contribution in [3.05, 3.63) is 0 Å². The first-order valence-corrected chi connectivity index (χ1v) is 4.39. The van der Waals surface area contributed by atoms with Crippen LogP contribution in [0.25, 0.3) is 0 Å². The second-order valence-corrected chi connectivity index (χ2v) is 5.52. The second kappa shape index (κ2) is 3.00. The molecule has 0 radical (unpaired) electrons. The first-order valence-electron chi connectivity index (χ1n) is 4.39. The molecular formula is C10H22O2. The Kier molecular flexibility index (Phi) is 2.98. The van der Waals surface area contributed by atoms with Gasteiger partial charge in [0.15, 0.2) is 0 Å². The summed E-state index contributed by atoms with van der Waals surface area (Å²) in [5.74, 6) is 0. The van der Waals surface area contributed by atoms with Gasteiger partial charge in [0, 0.05) is 0 Å². The van der Waals surface area contributed by atoms with Crippen molar-refractivity contribution in [3.8, 4) is 0 Å². The van der Waals surface area contributed by atoms with E-state index >= 15 is 0 Å². The van der Waals surface area contributed by atoms with E-state index in [4.69, 9.17) is 0 Å². The highest BCUT2D eigenvalue weighted by molar-refractivity contribution is 4.98. The van der Waals surface area contributed by atoms with Crippen molar-refractivity contribution in [2.75, 3.05) is 6.61 Å². The van der Waals surface area contributed by atoms with Crippen LogP contribution in [0.15, 0.2) is 0 Å². The Morgan fingerprint density at radius 1 is 0.833 bits per heavy atom. The van der Waals surface area contributed by atoms with Crippen molar-refractivity contribution in [3.63, 3.8) is 0 Å². The number of aliphatic hydroxyl groups excluding tert-OH is 1.